The molecule has 1 N–H and O–H groups in total. The number of likely N-dealkylation sites (tertiary alicyclic amines) is 1. The zero-order valence-electron chi connectivity index (χ0n) is 11.1. The van der Waals surface area contributed by atoms with Crippen LogP contribution in [0.1, 0.15) is 40.2 Å². The first kappa shape index (κ1) is 14.1. The molecule has 1 atom stereocenters. The Morgan fingerprint density at radius 1 is 1.47 bits per heavy atom. The Morgan fingerprint density at radius 2 is 2.26 bits per heavy atom. The molecule has 0 radical (unpaired) electrons. The number of carbonyl (C=O) groups excluding carboxylic acids is 1. The minimum absolute atomic E-state index is 0.0955. The maximum Gasteiger partial charge on any atom is 0.303 e. The molecule has 1 aromatic heterocycles. The molecular weight excluding hydrogens is 262 g/mol. The zero-order valence-corrected chi connectivity index (χ0v) is 11.9. The second kappa shape index (κ2) is 6.19. The van der Waals surface area contributed by atoms with Crippen molar-refractivity contribution in [3.05, 3.63) is 21.9 Å². The average Bonchev–Trinajstić information content (AvgIpc) is 2.82. The molecule has 0 aliphatic carbocycles. The largest absolute Gasteiger partial charge is 0.481 e. The Morgan fingerprint density at radius 3 is 2.89 bits per heavy atom. The summed E-state index contributed by atoms with van der Waals surface area (Å²) in [5, 5.41) is 8.72. The van der Waals surface area contributed by atoms with E-state index in [0.29, 0.717) is 18.9 Å². The van der Waals surface area contributed by atoms with Crippen molar-refractivity contribution in [2.75, 3.05) is 13.1 Å². The van der Waals surface area contributed by atoms with E-state index in [4.69, 9.17) is 5.11 Å². The first-order chi connectivity index (χ1) is 9.06. The standard InChI is InChI=1S/C14H19NO3S/c1-10-4-6-12(19-10)14(18)15-8-2-3-11(9-15)5-7-13(16)17/h4,6,11H,2-3,5,7-9H2,1H3,(H,16,17)/t11-/m1/s1. The van der Waals surface area contributed by atoms with E-state index < -0.39 is 5.97 Å². The summed E-state index contributed by atoms with van der Waals surface area (Å²) in [6, 6.07) is 3.84. The van der Waals surface area contributed by atoms with Gasteiger partial charge < -0.3 is 10.0 Å². The van der Waals surface area contributed by atoms with Crippen molar-refractivity contribution in [1.82, 2.24) is 4.90 Å². The number of nitrogens with zero attached hydrogens (tertiary/aromatic N) is 1. The van der Waals surface area contributed by atoms with Crippen molar-refractivity contribution in [1.29, 1.82) is 0 Å². The first-order valence-corrected chi connectivity index (χ1v) is 7.45. The number of aryl methyl sites for hydroxylation is 1. The van der Waals surface area contributed by atoms with Crippen LogP contribution < -0.4 is 0 Å². The average molecular weight is 281 g/mol. The van der Waals surface area contributed by atoms with E-state index in [-0.39, 0.29) is 12.3 Å². The molecule has 2 rings (SSSR count). The minimum Gasteiger partial charge on any atom is -0.481 e. The summed E-state index contributed by atoms with van der Waals surface area (Å²) in [7, 11) is 0. The van der Waals surface area contributed by atoms with Crippen molar-refractivity contribution >= 4 is 23.2 Å². The lowest BCUT2D eigenvalue weighted by Gasteiger charge is -2.32. The molecule has 4 nitrogen and oxygen atoms in total. The maximum atomic E-state index is 12.3. The van der Waals surface area contributed by atoms with Gasteiger partial charge in [0.15, 0.2) is 0 Å². The third-order valence-electron chi connectivity index (χ3n) is 3.52. The maximum absolute atomic E-state index is 12.3. The quantitative estimate of drug-likeness (QED) is 0.923. The number of carboxylic acids is 1. The number of carboxylic acid groups (broad SMARTS) is 1. The smallest absolute Gasteiger partial charge is 0.303 e. The normalized spacial score (nSPS) is 19.4. The predicted octanol–water partition coefficient (Wildman–Crippen LogP) is 2.77. The fourth-order valence-electron chi connectivity index (χ4n) is 2.52. The minimum atomic E-state index is -0.752. The fraction of sp³-hybridized carbons (Fsp3) is 0.571. The van der Waals surface area contributed by atoms with E-state index in [1.54, 1.807) is 0 Å². The number of rotatable bonds is 4. The lowest BCUT2D eigenvalue weighted by Crippen LogP contribution is -2.39. The van der Waals surface area contributed by atoms with Gasteiger partial charge in [-0.3, -0.25) is 9.59 Å². The summed E-state index contributed by atoms with van der Waals surface area (Å²) in [6.07, 6.45) is 2.87. The Hall–Kier alpha value is -1.36. The predicted molar refractivity (Wildman–Crippen MR) is 74.6 cm³/mol. The summed E-state index contributed by atoms with van der Waals surface area (Å²) in [6.45, 7) is 3.48. The number of thiophene rings is 1. The van der Waals surface area contributed by atoms with Gasteiger partial charge in [0.1, 0.15) is 0 Å². The number of hydrogen-bond donors (Lipinski definition) is 1. The van der Waals surface area contributed by atoms with Crippen LogP contribution in [0, 0.1) is 12.8 Å². The molecule has 1 aliphatic heterocycles. The molecule has 1 aromatic rings. The highest BCUT2D eigenvalue weighted by Crippen LogP contribution is 2.24. The lowest BCUT2D eigenvalue weighted by molar-refractivity contribution is -0.137. The molecule has 1 amide bonds. The zero-order chi connectivity index (χ0) is 13.8. The number of piperidine rings is 1. The van der Waals surface area contributed by atoms with Gasteiger partial charge in [0.05, 0.1) is 4.88 Å². The van der Waals surface area contributed by atoms with Gasteiger partial charge in [0.2, 0.25) is 0 Å². The number of hydrogen-bond acceptors (Lipinski definition) is 3. The highest BCUT2D eigenvalue weighted by Gasteiger charge is 2.25. The van der Waals surface area contributed by atoms with Crippen LogP contribution in [0.15, 0.2) is 12.1 Å². The second-order valence-electron chi connectivity index (χ2n) is 5.10. The Labute approximate surface area is 117 Å². The van der Waals surface area contributed by atoms with Crippen LogP contribution in [0.5, 0.6) is 0 Å². The summed E-state index contributed by atoms with van der Waals surface area (Å²) in [5.41, 5.74) is 0. The van der Waals surface area contributed by atoms with Crippen molar-refractivity contribution in [3.63, 3.8) is 0 Å². The number of carbonyl (C=O) groups is 2. The molecule has 0 aromatic carbocycles. The molecule has 1 saturated heterocycles. The monoisotopic (exact) mass is 281 g/mol. The highest BCUT2D eigenvalue weighted by atomic mass is 32.1. The van der Waals surface area contributed by atoms with Crippen LogP contribution in [0.2, 0.25) is 0 Å². The van der Waals surface area contributed by atoms with Gasteiger partial charge in [-0.1, -0.05) is 0 Å². The molecule has 0 spiro atoms. The molecule has 2 heterocycles. The van der Waals surface area contributed by atoms with Gasteiger partial charge in [-0.25, -0.2) is 0 Å². The topological polar surface area (TPSA) is 57.6 Å². The van der Waals surface area contributed by atoms with E-state index in [2.05, 4.69) is 0 Å². The molecule has 1 fully saturated rings. The second-order valence-corrected chi connectivity index (χ2v) is 6.39. The van der Waals surface area contributed by atoms with Crippen molar-refractivity contribution in [2.45, 2.75) is 32.6 Å². The third kappa shape index (κ3) is 3.80. The van der Waals surface area contributed by atoms with E-state index in [0.717, 1.165) is 29.1 Å². The molecular formula is C14H19NO3S. The number of amides is 1. The van der Waals surface area contributed by atoms with Crippen LogP contribution in [-0.4, -0.2) is 35.0 Å². The molecule has 0 bridgehead atoms. The van der Waals surface area contributed by atoms with E-state index >= 15 is 0 Å². The lowest BCUT2D eigenvalue weighted by atomic mass is 9.93. The molecule has 0 saturated carbocycles. The summed E-state index contributed by atoms with van der Waals surface area (Å²) < 4.78 is 0. The van der Waals surface area contributed by atoms with Crippen molar-refractivity contribution in [2.24, 2.45) is 5.92 Å². The Bertz CT molecular complexity index is 469. The van der Waals surface area contributed by atoms with Gasteiger partial charge >= 0.3 is 5.97 Å². The SMILES string of the molecule is Cc1ccc(C(=O)N2CCC[C@H](CCC(=O)O)C2)s1. The van der Waals surface area contributed by atoms with Crippen molar-refractivity contribution < 1.29 is 14.7 Å². The van der Waals surface area contributed by atoms with Crippen LogP contribution in [0.25, 0.3) is 0 Å². The van der Waals surface area contributed by atoms with Gasteiger partial charge in [0, 0.05) is 24.4 Å². The first-order valence-electron chi connectivity index (χ1n) is 6.64. The number of aliphatic carboxylic acids is 1. The van der Waals surface area contributed by atoms with Crippen molar-refractivity contribution in [3.8, 4) is 0 Å². The van der Waals surface area contributed by atoms with Gasteiger partial charge in [0.25, 0.3) is 5.91 Å². The van der Waals surface area contributed by atoms with E-state index in [1.165, 1.54) is 11.3 Å². The molecule has 5 heteroatoms. The van der Waals surface area contributed by atoms with Gasteiger partial charge in [-0.05, 0) is 44.2 Å². The molecule has 19 heavy (non-hydrogen) atoms. The van der Waals surface area contributed by atoms with Gasteiger partial charge in [-0.15, -0.1) is 11.3 Å². The van der Waals surface area contributed by atoms with Gasteiger partial charge in [-0.2, -0.15) is 0 Å². The summed E-state index contributed by atoms with van der Waals surface area (Å²) in [4.78, 5) is 26.7. The Kier molecular flexibility index (Phi) is 4.58. The van der Waals surface area contributed by atoms with E-state index in [9.17, 15) is 9.59 Å². The highest BCUT2D eigenvalue weighted by molar-refractivity contribution is 7.13. The van der Waals surface area contributed by atoms with Crippen LogP contribution >= 0.6 is 11.3 Å². The van der Waals surface area contributed by atoms with Crippen LogP contribution in [0.4, 0.5) is 0 Å². The molecule has 1 aliphatic rings. The third-order valence-corrected chi connectivity index (χ3v) is 4.51. The van der Waals surface area contributed by atoms with Crippen LogP contribution in [0.3, 0.4) is 0 Å². The summed E-state index contributed by atoms with van der Waals surface area (Å²) in [5.74, 6) is -0.328. The molecule has 0 unspecified atom stereocenters. The molecule has 104 valence electrons. The summed E-state index contributed by atoms with van der Waals surface area (Å²) >= 11 is 1.52. The fourth-order valence-corrected chi connectivity index (χ4v) is 3.35. The van der Waals surface area contributed by atoms with E-state index in [1.807, 2.05) is 24.0 Å². The van der Waals surface area contributed by atoms with Crippen LogP contribution in [-0.2, 0) is 4.79 Å². The Balaban J connectivity index is 1.93.